The summed E-state index contributed by atoms with van der Waals surface area (Å²) < 4.78 is 5.20. The maximum absolute atomic E-state index is 11.6. The van der Waals surface area contributed by atoms with Crippen LogP contribution in [-0.2, 0) is 9.53 Å². The first-order chi connectivity index (χ1) is 10.5. The van der Waals surface area contributed by atoms with Gasteiger partial charge in [-0.05, 0) is 36.1 Å². The number of phenols is 2. The Kier molecular flexibility index (Phi) is 8.11. The Bertz CT molecular complexity index is 494. The van der Waals surface area contributed by atoms with E-state index in [1.165, 1.54) is 43.9 Å². The quantitative estimate of drug-likeness (QED) is 0.309. The van der Waals surface area contributed by atoms with Crippen LogP contribution in [0.15, 0.2) is 24.3 Å². The second-order valence-corrected chi connectivity index (χ2v) is 5.67. The molecule has 4 nitrogen and oxygen atoms in total. The minimum atomic E-state index is -0.395. The summed E-state index contributed by atoms with van der Waals surface area (Å²) in [5.41, 5.74) is 0.625. The van der Waals surface area contributed by atoms with E-state index in [1.807, 2.05) is 0 Å². The molecule has 0 saturated heterocycles. The van der Waals surface area contributed by atoms with Gasteiger partial charge >= 0.3 is 5.97 Å². The van der Waals surface area contributed by atoms with Crippen molar-refractivity contribution in [2.75, 3.05) is 6.61 Å². The Labute approximate surface area is 132 Å². The smallest absolute Gasteiger partial charge is 0.330 e. The van der Waals surface area contributed by atoms with Crippen LogP contribution < -0.4 is 0 Å². The lowest BCUT2D eigenvalue weighted by atomic mass is 10.0. The number of carbonyl (C=O) groups excluding carboxylic acids is 1. The van der Waals surface area contributed by atoms with Crippen molar-refractivity contribution in [1.29, 1.82) is 0 Å². The first-order valence-corrected chi connectivity index (χ1v) is 7.89. The summed E-state index contributed by atoms with van der Waals surface area (Å²) in [6.07, 6.45) is 8.84. The van der Waals surface area contributed by atoms with Crippen molar-refractivity contribution in [1.82, 2.24) is 0 Å². The fraction of sp³-hybridized carbons (Fsp3) is 0.500. The highest BCUT2D eigenvalue weighted by Gasteiger charge is 2.05. The predicted octanol–water partition coefficient (Wildman–Crippen LogP) is 4.26. The fourth-order valence-electron chi connectivity index (χ4n) is 2.08. The average molecular weight is 306 g/mol. The van der Waals surface area contributed by atoms with Crippen LogP contribution >= 0.6 is 0 Å². The highest BCUT2D eigenvalue weighted by Crippen LogP contribution is 2.25. The van der Waals surface area contributed by atoms with Crippen molar-refractivity contribution in [2.24, 2.45) is 5.92 Å². The molecule has 0 aromatic heterocycles. The van der Waals surface area contributed by atoms with E-state index >= 15 is 0 Å². The second-order valence-electron chi connectivity index (χ2n) is 5.67. The zero-order valence-corrected chi connectivity index (χ0v) is 13.4. The maximum atomic E-state index is 11.6. The van der Waals surface area contributed by atoms with Crippen molar-refractivity contribution in [2.45, 2.75) is 46.0 Å². The van der Waals surface area contributed by atoms with Gasteiger partial charge in [0.2, 0.25) is 0 Å². The molecule has 4 heteroatoms. The molecule has 1 rings (SSSR count). The Morgan fingerprint density at radius 1 is 1.23 bits per heavy atom. The Morgan fingerprint density at radius 2 is 2.00 bits per heavy atom. The summed E-state index contributed by atoms with van der Waals surface area (Å²) in [6, 6.07) is 4.36. The van der Waals surface area contributed by atoms with Gasteiger partial charge in [-0.3, -0.25) is 0 Å². The first kappa shape index (κ1) is 18.1. The lowest BCUT2D eigenvalue weighted by Gasteiger charge is -2.10. The molecule has 0 saturated carbocycles. The number of unbranched alkanes of at least 4 members (excludes halogenated alkanes) is 3. The zero-order valence-electron chi connectivity index (χ0n) is 13.4. The van der Waals surface area contributed by atoms with E-state index in [0.29, 0.717) is 18.1 Å². The van der Waals surface area contributed by atoms with Gasteiger partial charge in [0.05, 0.1) is 6.61 Å². The molecular formula is C18H26O4. The molecule has 0 radical (unpaired) electrons. The molecule has 0 aliphatic rings. The van der Waals surface area contributed by atoms with Crippen molar-refractivity contribution < 1.29 is 19.7 Å². The molecule has 2 N–H and O–H groups in total. The molecule has 0 fully saturated rings. The van der Waals surface area contributed by atoms with Gasteiger partial charge in [-0.2, -0.15) is 0 Å². The summed E-state index contributed by atoms with van der Waals surface area (Å²) in [5, 5.41) is 18.6. The number of carbonyl (C=O) groups is 1. The summed E-state index contributed by atoms with van der Waals surface area (Å²) in [6.45, 7) is 4.70. The molecule has 122 valence electrons. The molecule has 0 aliphatic heterocycles. The molecule has 1 atom stereocenters. The highest BCUT2D eigenvalue weighted by molar-refractivity contribution is 5.87. The molecule has 0 heterocycles. The van der Waals surface area contributed by atoms with E-state index in [4.69, 9.17) is 4.74 Å². The van der Waals surface area contributed by atoms with Gasteiger partial charge in [0.15, 0.2) is 11.5 Å². The molecule has 22 heavy (non-hydrogen) atoms. The van der Waals surface area contributed by atoms with Crippen molar-refractivity contribution >= 4 is 12.0 Å². The minimum absolute atomic E-state index is 0.184. The SMILES string of the molecule is CCCCCCC(C)COC(=O)/C=C/c1ccc(O)c(O)c1. The normalized spacial score (nSPS) is 12.5. The second kappa shape index (κ2) is 9.87. The van der Waals surface area contributed by atoms with Gasteiger partial charge in [-0.15, -0.1) is 0 Å². The van der Waals surface area contributed by atoms with Gasteiger partial charge in [0, 0.05) is 6.08 Å². The first-order valence-electron chi connectivity index (χ1n) is 7.89. The van der Waals surface area contributed by atoms with Crippen LogP contribution in [-0.4, -0.2) is 22.8 Å². The van der Waals surface area contributed by atoms with Crippen LogP contribution in [0.1, 0.15) is 51.5 Å². The Morgan fingerprint density at radius 3 is 2.68 bits per heavy atom. The van der Waals surface area contributed by atoms with E-state index in [1.54, 1.807) is 12.1 Å². The number of hydrogen-bond acceptors (Lipinski definition) is 4. The third-order valence-electron chi connectivity index (χ3n) is 3.47. The lowest BCUT2D eigenvalue weighted by molar-refractivity contribution is -0.138. The number of benzene rings is 1. The summed E-state index contributed by atoms with van der Waals surface area (Å²) >= 11 is 0. The van der Waals surface area contributed by atoms with Gasteiger partial charge < -0.3 is 14.9 Å². The Balaban J connectivity index is 2.30. The summed E-state index contributed by atoms with van der Waals surface area (Å²) in [4.78, 5) is 11.6. The van der Waals surface area contributed by atoms with Gasteiger partial charge in [0.1, 0.15) is 0 Å². The monoisotopic (exact) mass is 306 g/mol. The third kappa shape index (κ3) is 7.16. The van der Waals surface area contributed by atoms with Gasteiger partial charge in [-0.25, -0.2) is 4.79 Å². The number of aromatic hydroxyl groups is 2. The zero-order chi connectivity index (χ0) is 16.4. The van der Waals surface area contributed by atoms with Gasteiger partial charge in [-0.1, -0.05) is 45.6 Å². The average Bonchev–Trinajstić information content (AvgIpc) is 2.50. The van der Waals surface area contributed by atoms with Crippen LogP contribution in [0.25, 0.3) is 6.08 Å². The van der Waals surface area contributed by atoms with Crippen LogP contribution in [0.3, 0.4) is 0 Å². The molecule has 0 bridgehead atoms. The molecule has 1 unspecified atom stereocenters. The minimum Gasteiger partial charge on any atom is -0.504 e. The molecule has 0 aliphatic carbocycles. The lowest BCUT2D eigenvalue weighted by Crippen LogP contribution is -2.10. The molecule has 1 aromatic carbocycles. The molecule has 1 aromatic rings. The number of esters is 1. The van der Waals surface area contributed by atoms with Crippen LogP contribution in [0.5, 0.6) is 11.5 Å². The number of rotatable bonds is 9. The molecular weight excluding hydrogens is 280 g/mol. The number of ether oxygens (including phenoxy) is 1. The van der Waals surface area contributed by atoms with E-state index in [2.05, 4.69) is 13.8 Å². The van der Waals surface area contributed by atoms with Crippen LogP contribution in [0.2, 0.25) is 0 Å². The fourth-order valence-corrected chi connectivity index (χ4v) is 2.08. The van der Waals surface area contributed by atoms with E-state index < -0.39 is 5.97 Å². The van der Waals surface area contributed by atoms with Gasteiger partial charge in [0.25, 0.3) is 0 Å². The standard InChI is InChI=1S/C18H26O4/c1-3-4-5-6-7-14(2)13-22-18(21)11-9-15-8-10-16(19)17(20)12-15/h8-12,14,19-20H,3-7,13H2,1-2H3/b11-9+. The largest absolute Gasteiger partial charge is 0.504 e. The maximum Gasteiger partial charge on any atom is 0.330 e. The highest BCUT2D eigenvalue weighted by atomic mass is 16.5. The van der Waals surface area contributed by atoms with Crippen molar-refractivity contribution in [3.05, 3.63) is 29.8 Å². The van der Waals surface area contributed by atoms with E-state index in [-0.39, 0.29) is 11.5 Å². The van der Waals surface area contributed by atoms with E-state index in [9.17, 15) is 15.0 Å². The summed E-state index contributed by atoms with van der Waals surface area (Å²) in [7, 11) is 0. The number of phenolic OH excluding ortho intramolecular Hbond substituents is 2. The third-order valence-corrected chi connectivity index (χ3v) is 3.47. The van der Waals surface area contributed by atoms with Crippen LogP contribution in [0, 0.1) is 5.92 Å². The number of hydrogen-bond donors (Lipinski definition) is 2. The molecule has 0 amide bonds. The molecule has 0 spiro atoms. The predicted molar refractivity (Wildman–Crippen MR) is 87.7 cm³/mol. The Hall–Kier alpha value is -1.97. The summed E-state index contributed by atoms with van der Waals surface area (Å²) in [5.74, 6) is -0.423. The van der Waals surface area contributed by atoms with Crippen molar-refractivity contribution in [3.8, 4) is 11.5 Å². The topological polar surface area (TPSA) is 66.8 Å². The van der Waals surface area contributed by atoms with Crippen molar-refractivity contribution in [3.63, 3.8) is 0 Å². The van der Waals surface area contributed by atoms with Crippen LogP contribution in [0.4, 0.5) is 0 Å². The van der Waals surface area contributed by atoms with E-state index in [0.717, 1.165) is 6.42 Å².